The molecule has 0 spiro atoms. The zero-order chi connectivity index (χ0) is 22.4. The van der Waals surface area contributed by atoms with Crippen molar-refractivity contribution in [3.05, 3.63) is 0 Å². The molecule has 10 atom stereocenters. The second-order valence-electron chi connectivity index (χ2n) is 12.4. The summed E-state index contributed by atoms with van der Waals surface area (Å²) < 4.78 is 22.3. The molecule has 33 heavy (non-hydrogen) atoms. The maximum absolute atomic E-state index is 5.57. The van der Waals surface area contributed by atoms with Crippen LogP contribution >= 0.6 is 0 Å². The third-order valence-electron chi connectivity index (χ3n) is 9.43. The van der Waals surface area contributed by atoms with Crippen LogP contribution in [-0.4, -0.2) is 98.9 Å². The standard InChI is InChI=1S/C27H46N2O4/c1-18-7-20(3-5-26(18)28(10-22-14-30-22)11-23-15-31-23)9-21-4-6-27(19(2)8-21)29(12-24-16-32-24)13-25-17-33-25/h18-27H,3-17H2,1-2H3. The highest BCUT2D eigenvalue weighted by Gasteiger charge is 2.41. The SMILES string of the molecule is CC1CC(CC2CCC(N(CC3CO3)CC3CO3)C(C)C2)CCC1N(CC1CO1)CC1CO1. The van der Waals surface area contributed by atoms with Gasteiger partial charge < -0.3 is 18.9 Å². The molecule has 2 saturated carbocycles. The Labute approximate surface area is 200 Å². The van der Waals surface area contributed by atoms with Gasteiger partial charge in [-0.1, -0.05) is 13.8 Å². The Bertz CT molecular complexity index is 566. The largest absolute Gasteiger partial charge is 0.372 e. The lowest BCUT2D eigenvalue weighted by Gasteiger charge is -2.44. The molecular formula is C27H46N2O4. The highest BCUT2D eigenvalue weighted by Crippen LogP contribution is 2.42. The van der Waals surface area contributed by atoms with E-state index in [2.05, 4.69) is 23.6 Å². The van der Waals surface area contributed by atoms with Gasteiger partial charge in [0.15, 0.2) is 0 Å². The number of rotatable bonds is 12. The summed E-state index contributed by atoms with van der Waals surface area (Å²) in [5, 5.41) is 0. The fourth-order valence-electron chi connectivity index (χ4n) is 7.40. The first-order valence-corrected chi connectivity index (χ1v) is 14.0. The molecule has 6 nitrogen and oxygen atoms in total. The fourth-order valence-corrected chi connectivity index (χ4v) is 7.40. The Morgan fingerprint density at radius 2 is 0.879 bits per heavy atom. The second-order valence-corrected chi connectivity index (χ2v) is 12.4. The van der Waals surface area contributed by atoms with Crippen LogP contribution in [0.4, 0.5) is 0 Å². The molecule has 0 radical (unpaired) electrons. The third kappa shape index (κ3) is 6.50. The summed E-state index contributed by atoms with van der Waals surface area (Å²) in [5.74, 6) is 3.44. The molecule has 188 valence electrons. The second kappa shape index (κ2) is 10.0. The molecular weight excluding hydrogens is 416 g/mol. The maximum atomic E-state index is 5.57. The summed E-state index contributed by atoms with van der Waals surface area (Å²) in [6.45, 7) is 13.4. The van der Waals surface area contributed by atoms with Gasteiger partial charge in [-0.15, -0.1) is 0 Å². The molecule has 4 heterocycles. The van der Waals surface area contributed by atoms with Crippen molar-refractivity contribution in [3.8, 4) is 0 Å². The minimum atomic E-state index is 0.489. The number of nitrogens with zero attached hydrogens (tertiary/aromatic N) is 2. The number of hydrogen-bond donors (Lipinski definition) is 0. The number of ether oxygens (including phenoxy) is 4. The van der Waals surface area contributed by atoms with Crippen molar-refractivity contribution in [2.75, 3.05) is 52.6 Å². The molecule has 6 rings (SSSR count). The Morgan fingerprint density at radius 1 is 0.545 bits per heavy atom. The monoisotopic (exact) mass is 462 g/mol. The smallest absolute Gasteiger partial charge is 0.0936 e. The molecule has 0 bridgehead atoms. The Morgan fingerprint density at radius 3 is 1.15 bits per heavy atom. The highest BCUT2D eigenvalue weighted by molar-refractivity contribution is 4.93. The van der Waals surface area contributed by atoms with E-state index in [9.17, 15) is 0 Å². The van der Waals surface area contributed by atoms with Crippen molar-refractivity contribution < 1.29 is 18.9 Å². The fraction of sp³-hybridized carbons (Fsp3) is 1.00. The van der Waals surface area contributed by atoms with E-state index in [-0.39, 0.29) is 0 Å². The Kier molecular flexibility index (Phi) is 7.04. The first kappa shape index (κ1) is 23.2. The molecule has 6 aliphatic rings. The highest BCUT2D eigenvalue weighted by atomic mass is 16.6. The van der Waals surface area contributed by atoms with E-state index in [0.717, 1.165) is 88.4 Å². The minimum Gasteiger partial charge on any atom is -0.372 e. The van der Waals surface area contributed by atoms with Crippen molar-refractivity contribution in [1.82, 2.24) is 9.80 Å². The molecule has 2 aliphatic carbocycles. The van der Waals surface area contributed by atoms with Crippen LogP contribution in [0, 0.1) is 23.7 Å². The molecule has 4 saturated heterocycles. The van der Waals surface area contributed by atoms with Crippen molar-refractivity contribution in [2.24, 2.45) is 23.7 Å². The summed E-state index contributed by atoms with van der Waals surface area (Å²) in [4.78, 5) is 5.45. The summed E-state index contributed by atoms with van der Waals surface area (Å²) >= 11 is 0. The molecule has 6 fully saturated rings. The predicted molar refractivity (Wildman–Crippen MR) is 127 cm³/mol. The van der Waals surface area contributed by atoms with E-state index in [0.29, 0.717) is 24.4 Å². The normalized spacial score (nSPS) is 46.5. The van der Waals surface area contributed by atoms with E-state index in [4.69, 9.17) is 18.9 Å². The van der Waals surface area contributed by atoms with E-state index < -0.39 is 0 Å². The van der Waals surface area contributed by atoms with E-state index >= 15 is 0 Å². The molecule has 0 N–H and O–H groups in total. The molecule has 4 aliphatic heterocycles. The minimum absolute atomic E-state index is 0.489. The topological polar surface area (TPSA) is 56.6 Å². The molecule has 0 amide bonds. The number of epoxide rings is 4. The van der Waals surface area contributed by atoms with E-state index in [1.807, 2.05) is 0 Å². The molecule has 0 aromatic rings. The summed E-state index contributed by atoms with van der Waals surface area (Å²) in [7, 11) is 0. The summed E-state index contributed by atoms with van der Waals surface area (Å²) in [5.41, 5.74) is 0. The van der Waals surface area contributed by atoms with Crippen LogP contribution in [-0.2, 0) is 18.9 Å². The lowest BCUT2D eigenvalue weighted by atomic mass is 9.70. The molecule has 10 unspecified atom stereocenters. The van der Waals surface area contributed by atoms with Gasteiger partial charge in [0.05, 0.1) is 50.8 Å². The van der Waals surface area contributed by atoms with Gasteiger partial charge in [-0.2, -0.15) is 0 Å². The van der Waals surface area contributed by atoms with Crippen LogP contribution < -0.4 is 0 Å². The van der Waals surface area contributed by atoms with Crippen LogP contribution in [0.5, 0.6) is 0 Å². The van der Waals surface area contributed by atoms with Crippen molar-refractivity contribution in [1.29, 1.82) is 0 Å². The van der Waals surface area contributed by atoms with Gasteiger partial charge in [0.25, 0.3) is 0 Å². The Balaban J connectivity index is 0.975. The van der Waals surface area contributed by atoms with E-state index in [1.54, 1.807) is 0 Å². The van der Waals surface area contributed by atoms with E-state index in [1.165, 1.54) is 44.9 Å². The predicted octanol–water partition coefficient (Wildman–Crippen LogP) is 3.19. The van der Waals surface area contributed by atoms with Crippen LogP contribution in [0.1, 0.15) is 58.8 Å². The van der Waals surface area contributed by atoms with Crippen LogP contribution in [0.2, 0.25) is 0 Å². The summed E-state index contributed by atoms with van der Waals surface area (Å²) in [6.07, 6.45) is 11.8. The van der Waals surface area contributed by atoms with Gasteiger partial charge in [0.1, 0.15) is 0 Å². The van der Waals surface area contributed by atoms with Gasteiger partial charge in [-0.3, -0.25) is 9.80 Å². The quantitative estimate of drug-likeness (QED) is 0.415. The summed E-state index contributed by atoms with van der Waals surface area (Å²) in [6, 6.07) is 1.46. The Hall–Kier alpha value is -0.240. The zero-order valence-corrected chi connectivity index (χ0v) is 20.9. The molecule has 6 heteroatoms. The molecule has 0 aromatic carbocycles. The lowest BCUT2D eigenvalue weighted by Crippen LogP contribution is -2.47. The van der Waals surface area contributed by atoms with Crippen molar-refractivity contribution in [3.63, 3.8) is 0 Å². The van der Waals surface area contributed by atoms with Gasteiger partial charge in [-0.05, 0) is 68.6 Å². The first-order chi connectivity index (χ1) is 16.1. The van der Waals surface area contributed by atoms with Crippen molar-refractivity contribution in [2.45, 2.75) is 95.3 Å². The third-order valence-corrected chi connectivity index (χ3v) is 9.43. The lowest BCUT2D eigenvalue weighted by molar-refractivity contribution is 0.0511. The number of hydrogen-bond acceptors (Lipinski definition) is 6. The van der Waals surface area contributed by atoms with Crippen molar-refractivity contribution >= 4 is 0 Å². The van der Waals surface area contributed by atoms with Gasteiger partial charge >= 0.3 is 0 Å². The van der Waals surface area contributed by atoms with Crippen LogP contribution in [0.3, 0.4) is 0 Å². The average molecular weight is 463 g/mol. The first-order valence-electron chi connectivity index (χ1n) is 14.0. The van der Waals surface area contributed by atoms with Crippen LogP contribution in [0.25, 0.3) is 0 Å². The average Bonchev–Trinajstić information content (AvgIpc) is 3.58. The maximum Gasteiger partial charge on any atom is 0.0936 e. The van der Waals surface area contributed by atoms with Crippen LogP contribution in [0.15, 0.2) is 0 Å². The van der Waals surface area contributed by atoms with Gasteiger partial charge in [0.2, 0.25) is 0 Å². The zero-order valence-electron chi connectivity index (χ0n) is 20.9. The van der Waals surface area contributed by atoms with Gasteiger partial charge in [0, 0.05) is 38.3 Å². The van der Waals surface area contributed by atoms with Gasteiger partial charge in [-0.25, -0.2) is 0 Å². The molecule has 0 aromatic heterocycles.